The molecule has 16 heavy (non-hydrogen) atoms. The van der Waals surface area contributed by atoms with E-state index in [4.69, 9.17) is 10.5 Å². The molecule has 0 saturated carbocycles. The molecule has 0 aliphatic carbocycles. The van der Waals surface area contributed by atoms with Gasteiger partial charge in [0.25, 0.3) is 5.91 Å². The number of ether oxygens (including phenoxy) is 1. The van der Waals surface area contributed by atoms with E-state index < -0.39 is 6.04 Å². The quantitative estimate of drug-likeness (QED) is 0.555. The smallest absolute Gasteiger partial charge is 0.328 e. The number of nitrogen functional groups attached to an aromatic ring is 1. The number of anilines is 1. The first kappa shape index (κ1) is 10.5. The summed E-state index contributed by atoms with van der Waals surface area (Å²) in [5.41, 5.74) is 6.52. The number of amides is 1. The third kappa shape index (κ3) is 2.13. The molecule has 2 rings (SSSR count). The Labute approximate surface area is 92.6 Å². The SMILES string of the molecule is Nc1cccc(C(=O)N[C@H]2CCOC2=O)c1. The van der Waals surface area contributed by atoms with Gasteiger partial charge >= 0.3 is 5.97 Å². The van der Waals surface area contributed by atoms with Crippen molar-refractivity contribution in [2.24, 2.45) is 0 Å². The first-order valence-corrected chi connectivity index (χ1v) is 5.00. The van der Waals surface area contributed by atoms with Crippen molar-refractivity contribution in [3.8, 4) is 0 Å². The molecule has 0 unspecified atom stereocenters. The lowest BCUT2D eigenvalue weighted by Crippen LogP contribution is -2.37. The predicted molar refractivity (Wildman–Crippen MR) is 57.7 cm³/mol. The van der Waals surface area contributed by atoms with Gasteiger partial charge in [-0.1, -0.05) is 6.07 Å². The Balaban J connectivity index is 2.05. The minimum atomic E-state index is -0.533. The van der Waals surface area contributed by atoms with Crippen molar-refractivity contribution in [2.75, 3.05) is 12.3 Å². The van der Waals surface area contributed by atoms with Crippen LogP contribution in [0.4, 0.5) is 5.69 Å². The molecule has 0 aromatic heterocycles. The molecule has 0 bridgehead atoms. The van der Waals surface area contributed by atoms with Crippen LogP contribution in [0.3, 0.4) is 0 Å². The van der Waals surface area contributed by atoms with Gasteiger partial charge < -0.3 is 15.8 Å². The second-order valence-electron chi connectivity index (χ2n) is 3.61. The highest BCUT2D eigenvalue weighted by Gasteiger charge is 2.28. The van der Waals surface area contributed by atoms with E-state index in [0.717, 1.165) is 0 Å². The average molecular weight is 220 g/mol. The summed E-state index contributed by atoms with van der Waals surface area (Å²) in [7, 11) is 0. The van der Waals surface area contributed by atoms with Crippen LogP contribution in [0.5, 0.6) is 0 Å². The van der Waals surface area contributed by atoms with Gasteiger partial charge in [-0.2, -0.15) is 0 Å². The van der Waals surface area contributed by atoms with Crippen molar-refractivity contribution in [3.63, 3.8) is 0 Å². The first-order chi connectivity index (χ1) is 7.66. The number of nitrogens with two attached hydrogens (primary N) is 1. The zero-order valence-electron chi connectivity index (χ0n) is 8.60. The van der Waals surface area contributed by atoms with Gasteiger partial charge in [0, 0.05) is 17.7 Å². The van der Waals surface area contributed by atoms with E-state index >= 15 is 0 Å². The molecular weight excluding hydrogens is 208 g/mol. The van der Waals surface area contributed by atoms with Gasteiger partial charge in [-0.25, -0.2) is 4.79 Å². The maximum absolute atomic E-state index is 11.7. The molecule has 1 atom stereocenters. The summed E-state index contributed by atoms with van der Waals surface area (Å²) in [5.74, 6) is -0.687. The molecule has 5 heteroatoms. The minimum absolute atomic E-state index is 0.309. The Morgan fingerprint density at radius 1 is 1.50 bits per heavy atom. The van der Waals surface area contributed by atoms with E-state index in [2.05, 4.69) is 5.32 Å². The summed E-state index contributed by atoms with van der Waals surface area (Å²) in [4.78, 5) is 22.9. The van der Waals surface area contributed by atoms with Crippen molar-refractivity contribution < 1.29 is 14.3 Å². The van der Waals surface area contributed by atoms with Crippen LogP contribution < -0.4 is 11.1 Å². The van der Waals surface area contributed by atoms with Crippen LogP contribution in [0.25, 0.3) is 0 Å². The van der Waals surface area contributed by atoms with Crippen molar-refractivity contribution in [2.45, 2.75) is 12.5 Å². The molecule has 0 spiro atoms. The van der Waals surface area contributed by atoms with E-state index in [-0.39, 0.29) is 11.9 Å². The van der Waals surface area contributed by atoms with E-state index in [9.17, 15) is 9.59 Å². The van der Waals surface area contributed by atoms with Gasteiger partial charge in [0.15, 0.2) is 0 Å². The number of hydrogen-bond donors (Lipinski definition) is 2. The molecule has 3 N–H and O–H groups in total. The topological polar surface area (TPSA) is 81.4 Å². The number of nitrogens with one attached hydrogen (secondary N) is 1. The lowest BCUT2D eigenvalue weighted by molar-refractivity contribution is -0.139. The molecule has 1 saturated heterocycles. The van der Waals surface area contributed by atoms with Crippen LogP contribution >= 0.6 is 0 Å². The van der Waals surface area contributed by atoms with Crippen molar-refractivity contribution in [3.05, 3.63) is 29.8 Å². The number of rotatable bonds is 2. The fourth-order valence-corrected chi connectivity index (χ4v) is 1.55. The molecular formula is C11H12N2O3. The second kappa shape index (κ2) is 4.22. The Morgan fingerprint density at radius 3 is 2.94 bits per heavy atom. The Bertz CT molecular complexity index is 431. The maximum atomic E-state index is 11.7. The van der Waals surface area contributed by atoms with Gasteiger partial charge in [-0.05, 0) is 18.2 Å². The third-order valence-corrected chi connectivity index (χ3v) is 2.39. The number of hydrogen-bond acceptors (Lipinski definition) is 4. The summed E-state index contributed by atoms with van der Waals surface area (Å²) in [5, 5.41) is 2.60. The Kier molecular flexibility index (Phi) is 2.76. The Hall–Kier alpha value is -2.04. The molecule has 1 aromatic carbocycles. The summed E-state index contributed by atoms with van der Waals surface area (Å²) in [6.07, 6.45) is 0.521. The van der Waals surface area contributed by atoms with E-state index in [1.807, 2.05) is 0 Å². The van der Waals surface area contributed by atoms with E-state index in [1.165, 1.54) is 0 Å². The number of carbonyl (C=O) groups is 2. The molecule has 1 fully saturated rings. The molecule has 5 nitrogen and oxygen atoms in total. The highest BCUT2D eigenvalue weighted by Crippen LogP contribution is 2.09. The lowest BCUT2D eigenvalue weighted by Gasteiger charge is -2.08. The van der Waals surface area contributed by atoms with Gasteiger partial charge in [0.2, 0.25) is 0 Å². The molecule has 0 radical (unpaired) electrons. The van der Waals surface area contributed by atoms with Crippen LogP contribution in [0, 0.1) is 0 Å². The Morgan fingerprint density at radius 2 is 2.31 bits per heavy atom. The number of benzene rings is 1. The molecule has 1 aliphatic rings. The standard InChI is InChI=1S/C11H12N2O3/c12-8-3-1-2-7(6-8)10(14)13-9-4-5-16-11(9)15/h1-3,6,9H,4-5,12H2,(H,13,14)/t9-/m0/s1. The van der Waals surface area contributed by atoms with Crippen molar-refractivity contribution in [1.82, 2.24) is 5.32 Å². The van der Waals surface area contributed by atoms with Crippen molar-refractivity contribution >= 4 is 17.6 Å². The summed E-state index contributed by atoms with van der Waals surface area (Å²) >= 11 is 0. The third-order valence-electron chi connectivity index (χ3n) is 2.39. The molecule has 1 amide bonds. The highest BCUT2D eigenvalue weighted by atomic mass is 16.5. The summed E-state index contributed by atoms with van der Waals surface area (Å²) < 4.78 is 4.75. The summed E-state index contributed by atoms with van der Waals surface area (Å²) in [6.45, 7) is 0.362. The van der Waals surface area contributed by atoms with Gasteiger partial charge in [0.1, 0.15) is 6.04 Å². The minimum Gasteiger partial charge on any atom is -0.464 e. The molecule has 1 aromatic rings. The lowest BCUT2D eigenvalue weighted by atomic mass is 10.1. The normalized spacial score (nSPS) is 19.2. The monoisotopic (exact) mass is 220 g/mol. The molecule has 1 heterocycles. The second-order valence-corrected chi connectivity index (χ2v) is 3.61. The largest absolute Gasteiger partial charge is 0.464 e. The van der Waals surface area contributed by atoms with Gasteiger partial charge in [-0.15, -0.1) is 0 Å². The predicted octanol–water partition coefficient (Wildman–Crippen LogP) is 0.314. The van der Waals surface area contributed by atoms with Crippen LogP contribution in [0.1, 0.15) is 16.8 Å². The van der Waals surface area contributed by atoms with Gasteiger partial charge in [0.05, 0.1) is 6.61 Å². The van der Waals surface area contributed by atoms with E-state index in [0.29, 0.717) is 24.3 Å². The van der Waals surface area contributed by atoms with Crippen LogP contribution in [0.2, 0.25) is 0 Å². The molecule has 1 aliphatic heterocycles. The first-order valence-electron chi connectivity index (χ1n) is 5.00. The van der Waals surface area contributed by atoms with E-state index in [1.54, 1.807) is 24.3 Å². The number of carbonyl (C=O) groups excluding carboxylic acids is 2. The molecule has 84 valence electrons. The van der Waals surface area contributed by atoms with Crippen LogP contribution in [-0.2, 0) is 9.53 Å². The van der Waals surface area contributed by atoms with Crippen LogP contribution in [0.15, 0.2) is 24.3 Å². The summed E-state index contributed by atoms with van der Waals surface area (Å²) in [6, 6.07) is 6.06. The fourth-order valence-electron chi connectivity index (χ4n) is 1.55. The van der Waals surface area contributed by atoms with Crippen LogP contribution in [-0.4, -0.2) is 24.5 Å². The maximum Gasteiger partial charge on any atom is 0.328 e. The number of esters is 1. The van der Waals surface area contributed by atoms with Crippen molar-refractivity contribution in [1.29, 1.82) is 0 Å². The highest BCUT2D eigenvalue weighted by molar-refractivity contribution is 5.97. The zero-order chi connectivity index (χ0) is 11.5. The average Bonchev–Trinajstić information content (AvgIpc) is 2.64. The number of cyclic esters (lactones) is 1. The fraction of sp³-hybridized carbons (Fsp3) is 0.273. The van der Waals surface area contributed by atoms with Gasteiger partial charge in [-0.3, -0.25) is 4.79 Å². The zero-order valence-corrected chi connectivity index (χ0v) is 8.60.